The molecular formula is C26H29N3O4S. The predicted molar refractivity (Wildman–Crippen MR) is 135 cm³/mol. The topological polar surface area (TPSA) is 70.2 Å². The number of rotatable bonds is 7. The maximum atomic E-state index is 12.8. The Kier molecular flexibility index (Phi) is 7.57. The highest BCUT2D eigenvalue weighted by Crippen LogP contribution is 2.32. The minimum Gasteiger partial charge on any atom is -0.493 e. The van der Waals surface area contributed by atoms with E-state index in [2.05, 4.69) is 30.9 Å². The highest BCUT2D eigenvalue weighted by Gasteiger charge is 2.37. The summed E-state index contributed by atoms with van der Waals surface area (Å²) in [5.41, 5.74) is 1.93. The van der Waals surface area contributed by atoms with E-state index in [1.54, 1.807) is 11.0 Å². The Morgan fingerprint density at radius 2 is 1.68 bits per heavy atom. The van der Waals surface area contributed by atoms with Crippen LogP contribution in [0.5, 0.6) is 5.75 Å². The Morgan fingerprint density at radius 3 is 2.32 bits per heavy atom. The van der Waals surface area contributed by atoms with Gasteiger partial charge in [0.25, 0.3) is 11.1 Å². The van der Waals surface area contributed by atoms with Crippen LogP contribution in [0.15, 0.2) is 59.5 Å². The summed E-state index contributed by atoms with van der Waals surface area (Å²) >= 11 is 0.870. The number of hydrogen-bond acceptors (Lipinski definition) is 6. The third kappa shape index (κ3) is 5.80. The van der Waals surface area contributed by atoms with Crippen molar-refractivity contribution in [1.29, 1.82) is 0 Å². The van der Waals surface area contributed by atoms with Gasteiger partial charge in [0.15, 0.2) is 0 Å². The van der Waals surface area contributed by atoms with Gasteiger partial charge in [-0.1, -0.05) is 44.2 Å². The Hall–Kier alpha value is -3.26. The fourth-order valence-corrected chi connectivity index (χ4v) is 4.64. The van der Waals surface area contributed by atoms with Crippen LogP contribution in [0.4, 0.5) is 10.5 Å². The number of ether oxygens (including phenoxy) is 1. The molecule has 0 saturated carbocycles. The van der Waals surface area contributed by atoms with Crippen molar-refractivity contribution in [2.45, 2.75) is 13.8 Å². The number of hydrogen-bond donors (Lipinski definition) is 0. The van der Waals surface area contributed by atoms with Gasteiger partial charge in [0, 0.05) is 31.9 Å². The fourth-order valence-electron chi connectivity index (χ4n) is 3.80. The van der Waals surface area contributed by atoms with Crippen LogP contribution in [-0.4, -0.2) is 66.2 Å². The number of thioether (sulfide) groups is 1. The highest BCUT2D eigenvalue weighted by molar-refractivity contribution is 8.18. The molecule has 2 aliphatic heterocycles. The van der Waals surface area contributed by atoms with Gasteiger partial charge in [-0.25, -0.2) is 0 Å². The van der Waals surface area contributed by atoms with Crippen LogP contribution in [0.1, 0.15) is 19.4 Å². The van der Waals surface area contributed by atoms with E-state index in [-0.39, 0.29) is 12.5 Å². The van der Waals surface area contributed by atoms with Crippen LogP contribution >= 0.6 is 11.8 Å². The van der Waals surface area contributed by atoms with Gasteiger partial charge in [0.05, 0.1) is 11.5 Å². The second kappa shape index (κ2) is 10.8. The van der Waals surface area contributed by atoms with Crippen molar-refractivity contribution in [1.82, 2.24) is 9.80 Å². The molecule has 0 atom stereocenters. The summed E-state index contributed by atoms with van der Waals surface area (Å²) in [6.07, 6.45) is 1.68. The zero-order valence-electron chi connectivity index (χ0n) is 19.5. The first kappa shape index (κ1) is 23.9. The summed E-state index contributed by atoms with van der Waals surface area (Å²) < 4.78 is 5.68. The SMILES string of the molecule is CC(C)COc1ccc(/C=C2/SC(=O)N(CC(=O)N3CCN(c4ccccc4)CC3)C2=O)cc1. The zero-order valence-corrected chi connectivity index (χ0v) is 20.3. The monoisotopic (exact) mass is 479 g/mol. The number of anilines is 1. The van der Waals surface area contributed by atoms with Crippen molar-refractivity contribution in [2.24, 2.45) is 5.92 Å². The highest BCUT2D eigenvalue weighted by atomic mass is 32.2. The van der Waals surface area contributed by atoms with Crippen molar-refractivity contribution in [3.8, 4) is 5.75 Å². The average molecular weight is 480 g/mol. The van der Waals surface area contributed by atoms with Gasteiger partial charge >= 0.3 is 0 Å². The van der Waals surface area contributed by atoms with E-state index >= 15 is 0 Å². The number of nitrogens with zero attached hydrogens (tertiary/aromatic N) is 3. The molecule has 7 nitrogen and oxygen atoms in total. The van der Waals surface area contributed by atoms with Crippen LogP contribution in [0.3, 0.4) is 0 Å². The van der Waals surface area contributed by atoms with Gasteiger partial charge in [-0.3, -0.25) is 19.3 Å². The van der Waals surface area contributed by atoms with Crippen molar-refractivity contribution >= 4 is 40.6 Å². The Labute approximate surface area is 204 Å². The molecule has 2 saturated heterocycles. The lowest BCUT2D eigenvalue weighted by Crippen LogP contribution is -2.51. The largest absolute Gasteiger partial charge is 0.493 e. The van der Waals surface area contributed by atoms with E-state index in [1.165, 1.54) is 0 Å². The van der Waals surface area contributed by atoms with E-state index in [9.17, 15) is 14.4 Å². The molecular weight excluding hydrogens is 450 g/mol. The lowest BCUT2D eigenvalue weighted by atomic mass is 10.2. The summed E-state index contributed by atoms with van der Waals surface area (Å²) in [6, 6.07) is 17.5. The van der Waals surface area contributed by atoms with Crippen LogP contribution in [0.2, 0.25) is 0 Å². The second-order valence-electron chi connectivity index (χ2n) is 8.75. The van der Waals surface area contributed by atoms with Gasteiger partial charge in [-0.05, 0) is 53.6 Å². The smallest absolute Gasteiger partial charge is 0.294 e. The Morgan fingerprint density at radius 1 is 1.00 bits per heavy atom. The number of imide groups is 1. The maximum absolute atomic E-state index is 12.8. The quantitative estimate of drug-likeness (QED) is 0.557. The molecule has 3 amide bonds. The van der Waals surface area contributed by atoms with Crippen LogP contribution in [-0.2, 0) is 9.59 Å². The maximum Gasteiger partial charge on any atom is 0.294 e. The van der Waals surface area contributed by atoms with Gasteiger partial charge in [0.1, 0.15) is 12.3 Å². The third-order valence-corrected chi connectivity index (χ3v) is 6.59. The lowest BCUT2D eigenvalue weighted by molar-refractivity contribution is -0.136. The lowest BCUT2D eigenvalue weighted by Gasteiger charge is -2.36. The molecule has 0 aliphatic carbocycles. The zero-order chi connectivity index (χ0) is 24.1. The van der Waals surface area contributed by atoms with E-state index in [1.807, 2.05) is 42.5 Å². The molecule has 0 bridgehead atoms. The van der Waals surface area contributed by atoms with E-state index in [0.717, 1.165) is 33.7 Å². The number of carbonyl (C=O) groups is 3. The second-order valence-corrected chi connectivity index (χ2v) is 9.74. The fraction of sp³-hybridized carbons (Fsp3) is 0.346. The molecule has 2 fully saturated rings. The van der Waals surface area contributed by atoms with Crippen molar-refractivity contribution < 1.29 is 19.1 Å². The molecule has 0 spiro atoms. The minimum atomic E-state index is -0.425. The summed E-state index contributed by atoms with van der Waals surface area (Å²) in [4.78, 5) is 43.4. The molecule has 2 heterocycles. The van der Waals surface area contributed by atoms with Gasteiger partial charge in [-0.15, -0.1) is 0 Å². The minimum absolute atomic E-state index is 0.206. The van der Waals surface area contributed by atoms with E-state index in [0.29, 0.717) is 43.6 Å². The number of para-hydroxylation sites is 1. The molecule has 2 aromatic rings. The third-order valence-electron chi connectivity index (χ3n) is 5.68. The first-order chi connectivity index (χ1) is 16.4. The van der Waals surface area contributed by atoms with Crippen LogP contribution < -0.4 is 9.64 Å². The number of piperazine rings is 1. The molecule has 4 rings (SSSR count). The summed E-state index contributed by atoms with van der Waals surface area (Å²) in [7, 11) is 0. The molecule has 0 unspecified atom stereocenters. The van der Waals surface area contributed by atoms with Crippen molar-refractivity contribution in [3.05, 3.63) is 65.1 Å². The standard InChI is InChI=1S/C26H29N3O4S/c1-19(2)18-33-22-10-8-20(9-11-22)16-23-25(31)29(26(32)34-23)17-24(30)28-14-12-27(13-15-28)21-6-4-3-5-7-21/h3-11,16,19H,12-15,17-18H2,1-2H3/b23-16+. The number of amides is 3. The predicted octanol–water partition coefficient (Wildman–Crippen LogP) is 4.11. The molecule has 2 aromatic carbocycles. The first-order valence-corrected chi connectivity index (χ1v) is 12.3. The first-order valence-electron chi connectivity index (χ1n) is 11.5. The average Bonchev–Trinajstić information content (AvgIpc) is 3.11. The van der Waals surface area contributed by atoms with Crippen LogP contribution in [0.25, 0.3) is 6.08 Å². The number of benzene rings is 2. The van der Waals surface area contributed by atoms with Gasteiger partial charge < -0.3 is 14.5 Å². The molecule has 178 valence electrons. The van der Waals surface area contributed by atoms with Gasteiger partial charge in [0.2, 0.25) is 5.91 Å². The summed E-state index contributed by atoms with van der Waals surface area (Å²) in [6.45, 7) is 7.13. The Balaban J connectivity index is 1.32. The molecule has 34 heavy (non-hydrogen) atoms. The Bertz CT molecular complexity index is 1060. The summed E-state index contributed by atoms with van der Waals surface area (Å²) in [5, 5.41) is -0.413. The molecule has 8 heteroatoms. The van der Waals surface area contributed by atoms with Crippen molar-refractivity contribution in [3.63, 3.8) is 0 Å². The van der Waals surface area contributed by atoms with Gasteiger partial charge in [-0.2, -0.15) is 0 Å². The molecule has 2 aliphatic rings. The van der Waals surface area contributed by atoms with E-state index < -0.39 is 11.1 Å². The molecule has 0 N–H and O–H groups in total. The van der Waals surface area contributed by atoms with E-state index in [4.69, 9.17) is 4.74 Å². The normalized spacial score (nSPS) is 17.7. The van der Waals surface area contributed by atoms with Crippen molar-refractivity contribution in [2.75, 3.05) is 44.2 Å². The molecule has 0 aromatic heterocycles. The van der Waals surface area contributed by atoms with Crippen LogP contribution in [0, 0.1) is 5.92 Å². The number of carbonyl (C=O) groups excluding carboxylic acids is 3. The molecule has 0 radical (unpaired) electrons. The summed E-state index contributed by atoms with van der Waals surface area (Å²) in [5.74, 6) is 0.563.